The molecular formula is C13H29IN4. The van der Waals surface area contributed by atoms with Crippen LogP contribution in [0.1, 0.15) is 40.0 Å². The van der Waals surface area contributed by atoms with Gasteiger partial charge in [0.15, 0.2) is 5.96 Å². The maximum absolute atomic E-state index is 5.79. The summed E-state index contributed by atoms with van der Waals surface area (Å²) >= 11 is 0. The molecule has 3 N–H and O–H groups in total. The molecule has 1 saturated heterocycles. The van der Waals surface area contributed by atoms with Gasteiger partial charge in [-0.15, -0.1) is 24.0 Å². The van der Waals surface area contributed by atoms with Crippen LogP contribution in [0.2, 0.25) is 0 Å². The van der Waals surface area contributed by atoms with Crippen molar-refractivity contribution in [2.45, 2.75) is 46.1 Å². The maximum Gasteiger partial charge on any atom is 0.188 e. The summed E-state index contributed by atoms with van der Waals surface area (Å²) in [6.07, 6.45) is 3.76. The van der Waals surface area contributed by atoms with Crippen LogP contribution in [0.5, 0.6) is 0 Å². The molecule has 2 unspecified atom stereocenters. The van der Waals surface area contributed by atoms with E-state index in [9.17, 15) is 0 Å². The standard InChI is InChI=1S/C13H28N4.HI/c1-4-7-15-13(14)16-9-12(3)17-8-5-6-11(2)10-17;/h11-12H,4-10H2,1-3H3,(H3,14,15,16);1H. The van der Waals surface area contributed by atoms with E-state index >= 15 is 0 Å². The summed E-state index contributed by atoms with van der Waals surface area (Å²) in [6.45, 7) is 10.8. The third-order valence-corrected chi connectivity index (χ3v) is 3.39. The number of nitrogens with zero attached hydrogens (tertiary/aromatic N) is 2. The lowest BCUT2D eigenvalue weighted by molar-refractivity contribution is 0.142. The molecule has 1 heterocycles. The van der Waals surface area contributed by atoms with E-state index in [1.165, 1.54) is 25.9 Å². The van der Waals surface area contributed by atoms with E-state index in [0.717, 1.165) is 25.4 Å². The van der Waals surface area contributed by atoms with Crippen molar-refractivity contribution >= 4 is 29.9 Å². The Kier molecular flexibility index (Phi) is 9.81. The largest absolute Gasteiger partial charge is 0.370 e. The number of aliphatic imine (C=N–C) groups is 1. The van der Waals surface area contributed by atoms with Crippen LogP contribution in [0.4, 0.5) is 0 Å². The van der Waals surface area contributed by atoms with E-state index in [-0.39, 0.29) is 24.0 Å². The fourth-order valence-corrected chi connectivity index (χ4v) is 2.28. The predicted molar refractivity (Wildman–Crippen MR) is 89.6 cm³/mol. The summed E-state index contributed by atoms with van der Waals surface area (Å²) in [7, 11) is 0. The van der Waals surface area contributed by atoms with Crippen LogP contribution in [0.25, 0.3) is 0 Å². The van der Waals surface area contributed by atoms with Crippen molar-refractivity contribution in [3.8, 4) is 0 Å². The van der Waals surface area contributed by atoms with Crippen LogP contribution >= 0.6 is 24.0 Å². The molecule has 18 heavy (non-hydrogen) atoms. The van der Waals surface area contributed by atoms with Crippen molar-refractivity contribution in [1.29, 1.82) is 0 Å². The van der Waals surface area contributed by atoms with Crippen LogP contribution in [0.15, 0.2) is 4.99 Å². The van der Waals surface area contributed by atoms with Gasteiger partial charge in [0.05, 0.1) is 6.54 Å². The van der Waals surface area contributed by atoms with Gasteiger partial charge in [0, 0.05) is 19.1 Å². The number of piperidine rings is 1. The lowest BCUT2D eigenvalue weighted by Crippen LogP contribution is -2.42. The monoisotopic (exact) mass is 368 g/mol. The number of hydrogen-bond donors (Lipinski definition) is 2. The van der Waals surface area contributed by atoms with Crippen molar-refractivity contribution in [2.75, 3.05) is 26.2 Å². The molecule has 0 aliphatic carbocycles. The molecule has 0 aromatic heterocycles. The Morgan fingerprint density at radius 2 is 2.28 bits per heavy atom. The van der Waals surface area contributed by atoms with E-state index in [1.807, 2.05) is 0 Å². The zero-order valence-corrected chi connectivity index (χ0v) is 14.3. The maximum atomic E-state index is 5.79. The number of nitrogens with one attached hydrogen (secondary N) is 1. The van der Waals surface area contributed by atoms with Crippen LogP contribution < -0.4 is 11.1 Å². The fraction of sp³-hybridized carbons (Fsp3) is 0.923. The second-order valence-corrected chi connectivity index (χ2v) is 5.24. The summed E-state index contributed by atoms with van der Waals surface area (Å²) in [5.41, 5.74) is 5.79. The molecule has 1 aliphatic rings. The zero-order valence-electron chi connectivity index (χ0n) is 12.0. The molecule has 0 bridgehead atoms. The second-order valence-electron chi connectivity index (χ2n) is 5.24. The minimum Gasteiger partial charge on any atom is -0.370 e. The van der Waals surface area contributed by atoms with Gasteiger partial charge in [-0.3, -0.25) is 9.89 Å². The first kappa shape index (κ1) is 18.0. The third kappa shape index (κ3) is 6.78. The topological polar surface area (TPSA) is 53.6 Å². The first-order valence-corrected chi connectivity index (χ1v) is 6.91. The van der Waals surface area contributed by atoms with Crippen LogP contribution in [0.3, 0.4) is 0 Å². The Morgan fingerprint density at radius 3 is 2.89 bits per heavy atom. The Balaban J connectivity index is 0.00000289. The van der Waals surface area contributed by atoms with Gasteiger partial charge in [-0.2, -0.15) is 0 Å². The summed E-state index contributed by atoms with van der Waals surface area (Å²) in [6, 6.07) is 0.500. The third-order valence-electron chi connectivity index (χ3n) is 3.39. The van der Waals surface area contributed by atoms with E-state index in [4.69, 9.17) is 5.73 Å². The van der Waals surface area contributed by atoms with E-state index in [1.54, 1.807) is 0 Å². The Hall–Kier alpha value is -0.0400. The van der Waals surface area contributed by atoms with Crippen molar-refractivity contribution in [2.24, 2.45) is 16.6 Å². The van der Waals surface area contributed by atoms with Gasteiger partial charge in [0.1, 0.15) is 0 Å². The van der Waals surface area contributed by atoms with Gasteiger partial charge in [0.25, 0.3) is 0 Å². The fourth-order valence-electron chi connectivity index (χ4n) is 2.28. The molecule has 1 rings (SSSR count). The van der Waals surface area contributed by atoms with Crippen molar-refractivity contribution in [1.82, 2.24) is 10.2 Å². The summed E-state index contributed by atoms with van der Waals surface area (Å²) in [5.74, 6) is 1.41. The lowest BCUT2D eigenvalue weighted by atomic mass is 9.99. The van der Waals surface area contributed by atoms with Gasteiger partial charge in [0.2, 0.25) is 0 Å². The van der Waals surface area contributed by atoms with Crippen molar-refractivity contribution in [3.05, 3.63) is 0 Å². The first-order valence-electron chi connectivity index (χ1n) is 6.91. The first-order chi connectivity index (χ1) is 8.13. The molecule has 4 nitrogen and oxygen atoms in total. The minimum atomic E-state index is 0. The Morgan fingerprint density at radius 1 is 1.56 bits per heavy atom. The number of guanidine groups is 1. The average molecular weight is 368 g/mol. The molecule has 0 aromatic rings. The molecule has 2 atom stereocenters. The highest BCUT2D eigenvalue weighted by Gasteiger charge is 2.20. The molecule has 0 amide bonds. The Bertz CT molecular complexity index is 245. The molecular weight excluding hydrogens is 339 g/mol. The highest BCUT2D eigenvalue weighted by molar-refractivity contribution is 14.0. The molecule has 1 fully saturated rings. The van der Waals surface area contributed by atoms with Crippen molar-refractivity contribution < 1.29 is 0 Å². The summed E-state index contributed by atoms with van der Waals surface area (Å²) in [5, 5.41) is 3.11. The lowest BCUT2D eigenvalue weighted by Gasteiger charge is -2.34. The molecule has 0 spiro atoms. The molecule has 0 radical (unpaired) electrons. The van der Waals surface area contributed by atoms with E-state index < -0.39 is 0 Å². The SMILES string of the molecule is CCCNC(N)=NCC(C)N1CCCC(C)C1.I. The zero-order chi connectivity index (χ0) is 12.7. The number of halogens is 1. The highest BCUT2D eigenvalue weighted by Crippen LogP contribution is 2.17. The summed E-state index contributed by atoms with van der Waals surface area (Å²) < 4.78 is 0. The average Bonchev–Trinajstić information content (AvgIpc) is 2.33. The normalized spacial score (nSPS) is 23.3. The van der Waals surface area contributed by atoms with Crippen molar-refractivity contribution in [3.63, 3.8) is 0 Å². The van der Waals surface area contributed by atoms with Gasteiger partial charge in [-0.1, -0.05) is 13.8 Å². The number of rotatable bonds is 5. The number of hydrogen-bond acceptors (Lipinski definition) is 2. The van der Waals surface area contributed by atoms with E-state index in [2.05, 4.69) is 36.0 Å². The minimum absolute atomic E-state index is 0. The van der Waals surface area contributed by atoms with Gasteiger partial charge >= 0.3 is 0 Å². The second kappa shape index (κ2) is 9.83. The van der Waals surface area contributed by atoms with Gasteiger partial charge in [-0.25, -0.2) is 0 Å². The molecule has 5 heteroatoms. The Labute approximate surface area is 129 Å². The quantitative estimate of drug-likeness (QED) is 0.444. The number of likely N-dealkylation sites (tertiary alicyclic amines) is 1. The molecule has 0 saturated carbocycles. The number of nitrogens with two attached hydrogens (primary N) is 1. The predicted octanol–water partition coefficient (Wildman–Crippen LogP) is 2.04. The van der Waals surface area contributed by atoms with Crippen LogP contribution in [-0.2, 0) is 0 Å². The summed E-state index contributed by atoms with van der Waals surface area (Å²) in [4.78, 5) is 6.94. The highest BCUT2D eigenvalue weighted by atomic mass is 127. The molecule has 0 aromatic carbocycles. The van der Waals surface area contributed by atoms with Crippen LogP contribution in [0, 0.1) is 5.92 Å². The van der Waals surface area contributed by atoms with E-state index in [0.29, 0.717) is 12.0 Å². The molecule has 108 valence electrons. The van der Waals surface area contributed by atoms with Crippen LogP contribution in [-0.4, -0.2) is 43.1 Å². The smallest absolute Gasteiger partial charge is 0.188 e. The van der Waals surface area contributed by atoms with Gasteiger partial charge in [-0.05, 0) is 38.6 Å². The van der Waals surface area contributed by atoms with Gasteiger partial charge < -0.3 is 11.1 Å². The molecule has 1 aliphatic heterocycles.